The van der Waals surface area contributed by atoms with Crippen molar-refractivity contribution in [2.75, 3.05) is 6.61 Å². The van der Waals surface area contributed by atoms with E-state index in [9.17, 15) is 4.79 Å². The number of carbonyl (C=O) groups excluding carboxylic acids is 1. The lowest BCUT2D eigenvalue weighted by atomic mass is 9.77. The molecule has 1 atom stereocenters. The molecule has 1 amide bonds. The molecule has 7 nitrogen and oxygen atoms in total. The van der Waals surface area contributed by atoms with Crippen molar-refractivity contribution in [2.24, 2.45) is 0 Å². The molecular weight excluding hydrogens is 452 g/mol. The van der Waals surface area contributed by atoms with E-state index >= 15 is 0 Å². The number of benzene rings is 1. The van der Waals surface area contributed by atoms with Crippen molar-refractivity contribution in [2.45, 2.75) is 103 Å². The highest BCUT2D eigenvalue weighted by atomic mass is 35.5. The minimum Gasteiger partial charge on any atom is -0.444 e. The Bertz CT molecular complexity index is 1020. The number of nitrogens with zero attached hydrogens (tertiary/aromatic N) is 3. The van der Waals surface area contributed by atoms with E-state index in [1.807, 2.05) is 39.0 Å². The summed E-state index contributed by atoms with van der Waals surface area (Å²) in [6.07, 6.45) is 5.93. The van der Waals surface area contributed by atoms with Gasteiger partial charge in [0.15, 0.2) is 0 Å². The molecule has 1 aromatic heterocycles. The van der Waals surface area contributed by atoms with Crippen LogP contribution in [0.25, 0.3) is 5.69 Å². The predicted octanol–water partition coefficient (Wildman–Crippen LogP) is 5.76. The largest absolute Gasteiger partial charge is 0.444 e. The van der Waals surface area contributed by atoms with Crippen molar-refractivity contribution in [1.82, 2.24) is 20.1 Å². The SMILES string of the molecule is CCOC1(CC)CCC(c2nnc3n2-c2ccc(Cl)cc2CC(NC(=O)OC(C)(C)C)C3)CC1. The van der Waals surface area contributed by atoms with Crippen LogP contribution in [0.1, 0.15) is 89.9 Å². The molecule has 1 unspecified atom stereocenters. The standard InChI is InChI=1S/C26H37ClN4O3/c1-6-26(33-7-2)12-10-17(11-13-26)23-30-29-22-16-20(28-24(32)34-25(3,4)5)15-18-14-19(27)8-9-21(18)31(22)23/h8-9,14,17,20H,6-7,10-13,15-16H2,1-5H3,(H,28,32). The Morgan fingerprint density at radius 1 is 1.21 bits per heavy atom. The van der Waals surface area contributed by atoms with Crippen molar-refractivity contribution in [3.8, 4) is 5.69 Å². The number of carbonyl (C=O) groups is 1. The maximum atomic E-state index is 12.5. The molecule has 1 saturated carbocycles. The third-order valence-corrected chi connectivity index (χ3v) is 7.25. The lowest BCUT2D eigenvalue weighted by Crippen LogP contribution is -2.41. The summed E-state index contributed by atoms with van der Waals surface area (Å²) in [4.78, 5) is 12.5. The minimum atomic E-state index is -0.556. The third kappa shape index (κ3) is 5.41. The number of nitrogens with one attached hydrogen (secondary N) is 1. The fourth-order valence-corrected chi connectivity index (χ4v) is 5.56. The average Bonchev–Trinajstić information content (AvgIpc) is 3.09. The summed E-state index contributed by atoms with van der Waals surface area (Å²) in [7, 11) is 0. The number of aromatic nitrogens is 3. The van der Waals surface area contributed by atoms with Gasteiger partial charge in [-0.25, -0.2) is 4.79 Å². The van der Waals surface area contributed by atoms with Gasteiger partial charge in [-0.2, -0.15) is 0 Å². The summed E-state index contributed by atoms with van der Waals surface area (Å²) in [5, 5.41) is 13.0. The maximum absolute atomic E-state index is 12.5. The lowest BCUT2D eigenvalue weighted by molar-refractivity contribution is -0.0705. The number of amides is 1. The summed E-state index contributed by atoms with van der Waals surface area (Å²) in [5.41, 5.74) is 1.55. The molecule has 1 N–H and O–H groups in total. The van der Waals surface area contributed by atoms with Crippen LogP contribution < -0.4 is 5.32 Å². The first-order valence-corrected chi connectivity index (χ1v) is 12.9. The molecule has 186 valence electrons. The normalized spacial score (nSPS) is 24.6. The number of halogens is 1. The molecule has 0 spiro atoms. The second kappa shape index (κ2) is 9.86. The molecule has 2 aromatic rings. The molecule has 1 aliphatic heterocycles. The molecule has 4 rings (SSSR count). The van der Waals surface area contributed by atoms with Crippen LogP contribution in [-0.2, 0) is 22.3 Å². The molecular formula is C26H37ClN4O3. The lowest BCUT2D eigenvalue weighted by Gasteiger charge is -2.39. The van der Waals surface area contributed by atoms with Gasteiger partial charge in [0.25, 0.3) is 0 Å². The fourth-order valence-electron chi connectivity index (χ4n) is 5.37. The minimum absolute atomic E-state index is 0.0131. The van der Waals surface area contributed by atoms with Crippen molar-refractivity contribution in [3.63, 3.8) is 0 Å². The van der Waals surface area contributed by atoms with Crippen LogP contribution in [-0.4, -0.2) is 44.7 Å². The van der Waals surface area contributed by atoms with Gasteiger partial charge >= 0.3 is 6.09 Å². The summed E-state index contributed by atoms with van der Waals surface area (Å²) >= 11 is 6.37. The summed E-state index contributed by atoms with van der Waals surface area (Å²) in [5.74, 6) is 2.17. The number of hydrogen-bond acceptors (Lipinski definition) is 5. The van der Waals surface area contributed by atoms with Crippen LogP contribution in [0.2, 0.25) is 5.02 Å². The van der Waals surface area contributed by atoms with Gasteiger partial charge in [-0.1, -0.05) is 18.5 Å². The third-order valence-electron chi connectivity index (χ3n) is 7.01. The first-order chi connectivity index (χ1) is 16.1. The van der Waals surface area contributed by atoms with E-state index < -0.39 is 11.7 Å². The van der Waals surface area contributed by atoms with Gasteiger partial charge in [0.05, 0.1) is 11.3 Å². The summed E-state index contributed by atoms with van der Waals surface area (Å²) in [6, 6.07) is 5.77. The first-order valence-electron chi connectivity index (χ1n) is 12.5. The second-order valence-corrected chi connectivity index (χ2v) is 11.0. The number of rotatable bonds is 5. The molecule has 1 aliphatic carbocycles. The van der Waals surface area contributed by atoms with E-state index in [0.29, 0.717) is 23.8 Å². The zero-order valence-corrected chi connectivity index (χ0v) is 21.7. The van der Waals surface area contributed by atoms with Gasteiger partial charge in [0, 0.05) is 30.0 Å². The van der Waals surface area contributed by atoms with Crippen LogP contribution >= 0.6 is 11.6 Å². The number of hydrogen-bond donors (Lipinski definition) is 1. The van der Waals surface area contributed by atoms with Gasteiger partial charge in [-0.3, -0.25) is 4.57 Å². The maximum Gasteiger partial charge on any atom is 0.407 e. The van der Waals surface area contributed by atoms with E-state index in [2.05, 4.69) is 33.9 Å². The molecule has 0 saturated heterocycles. The van der Waals surface area contributed by atoms with Crippen LogP contribution in [0.15, 0.2) is 18.2 Å². The molecule has 1 aromatic carbocycles. The van der Waals surface area contributed by atoms with Crippen molar-refractivity contribution in [3.05, 3.63) is 40.4 Å². The van der Waals surface area contributed by atoms with Gasteiger partial charge in [0.1, 0.15) is 17.2 Å². The Hall–Kier alpha value is -2.12. The molecule has 2 heterocycles. The highest BCUT2D eigenvalue weighted by Gasteiger charge is 2.38. The molecule has 0 bridgehead atoms. The van der Waals surface area contributed by atoms with Crippen LogP contribution in [0.5, 0.6) is 0 Å². The van der Waals surface area contributed by atoms with E-state index in [4.69, 9.17) is 21.1 Å². The number of ether oxygens (including phenoxy) is 2. The summed E-state index contributed by atoms with van der Waals surface area (Å²) < 4.78 is 13.9. The van der Waals surface area contributed by atoms with Crippen molar-refractivity contribution >= 4 is 17.7 Å². The topological polar surface area (TPSA) is 78.3 Å². The Morgan fingerprint density at radius 3 is 2.59 bits per heavy atom. The van der Waals surface area contributed by atoms with Crippen molar-refractivity contribution < 1.29 is 14.3 Å². The van der Waals surface area contributed by atoms with E-state index in [1.165, 1.54) is 0 Å². The quantitative estimate of drug-likeness (QED) is 0.579. The monoisotopic (exact) mass is 488 g/mol. The molecule has 1 fully saturated rings. The zero-order valence-electron chi connectivity index (χ0n) is 21.0. The first kappa shape index (κ1) is 25.0. The molecule has 0 radical (unpaired) electrons. The summed E-state index contributed by atoms with van der Waals surface area (Å²) in [6.45, 7) is 10.6. The highest BCUT2D eigenvalue weighted by molar-refractivity contribution is 6.30. The second-order valence-electron chi connectivity index (χ2n) is 10.6. The molecule has 34 heavy (non-hydrogen) atoms. The number of alkyl carbamates (subject to hydrolysis) is 1. The Kier molecular flexibility index (Phi) is 7.25. The van der Waals surface area contributed by atoms with E-state index in [1.54, 1.807) is 0 Å². The Labute approximate surface area is 207 Å². The van der Waals surface area contributed by atoms with Crippen LogP contribution in [0, 0.1) is 0 Å². The van der Waals surface area contributed by atoms with E-state index in [0.717, 1.165) is 61.6 Å². The van der Waals surface area contributed by atoms with Gasteiger partial charge in [-0.05, 0) is 90.0 Å². The Morgan fingerprint density at radius 2 is 1.94 bits per heavy atom. The smallest absolute Gasteiger partial charge is 0.407 e. The zero-order chi connectivity index (χ0) is 24.5. The average molecular weight is 489 g/mol. The van der Waals surface area contributed by atoms with Gasteiger partial charge < -0.3 is 14.8 Å². The van der Waals surface area contributed by atoms with E-state index in [-0.39, 0.29) is 11.6 Å². The Balaban J connectivity index is 1.62. The number of fused-ring (bicyclic) bond motifs is 3. The highest BCUT2D eigenvalue weighted by Crippen LogP contribution is 2.42. The fraction of sp³-hybridized carbons (Fsp3) is 0.654. The molecule has 8 heteroatoms. The van der Waals surface area contributed by atoms with Crippen molar-refractivity contribution in [1.29, 1.82) is 0 Å². The van der Waals surface area contributed by atoms with Gasteiger partial charge in [-0.15, -0.1) is 10.2 Å². The van der Waals surface area contributed by atoms with Gasteiger partial charge in [0.2, 0.25) is 0 Å². The van der Waals surface area contributed by atoms with Crippen LogP contribution in [0.3, 0.4) is 0 Å². The molecule has 2 aliphatic rings. The predicted molar refractivity (Wildman–Crippen MR) is 133 cm³/mol. The van der Waals surface area contributed by atoms with Crippen LogP contribution in [0.4, 0.5) is 4.79 Å².